The Morgan fingerprint density at radius 1 is 1.03 bits per heavy atom. The van der Waals surface area contributed by atoms with Gasteiger partial charge in [0.2, 0.25) is 5.91 Å². The van der Waals surface area contributed by atoms with Crippen LogP contribution in [0.25, 0.3) is 10.9 Å². The fraction of sp³-hybridized carbons (Fsp3) is 0.250. The number of anilines is 2. The number of nitrogens with zero attached hydrogens (tertiary/aromatic N) is 3. The van der Waals surface area contributed by atoms with E-state index >= 15 is 0 Å². The number of aromatic nitrogens is 2. The Bertz CT molecular complexity index is 1540. The van der Waals surface area contributed by atoms with Gasteiger partial charge in [0.1, 0.15) is 10.9 Å². The molecule has 5 N–H and O–H groups in total. The van der Waals surface area contributed by atoms with E-state index in [0.29, 0.717) is 11.3 Å². The molecule has 0 spiro atoms. The molecule has 2 heterocycles. The Kier molecular flexibility index (Phi) is 7.19. The van der Waals surface area contributed by atoms with Gasteiger partial charge in [0.15, 0.2) is 5.69 Å². The van der Waals surface area contributed by atoms with E-state index in [2.05, 4.69) is 14.7 Å². The molecule has 0 saturated carbocycles. The summed E-state index contributed by atoms with van der Waals surface area (Å²) in [6.07, 6.45) is 1.69. The summed E-state index contributed by atoms with van der Waals surface area (Å²) >= 11 is 0.775. The van der Waals surface area contributed by atoms with Crippen molar-refractivity contribution in [1.29, 1.82) is 0 Å². The zero-order valence-electron chi connectivity index (χ0n) is 21.9. The van der Waals surface area contributed by atoms with Crippen LogP contribution in [-0.2, 0) is 4.79 Å². The first-order chi connectivity index (χ1) is 17.9. The predicted octanol–water partition coefficient (Wildman–Crippen LogP) is 4.29. The molecule has 1 unspecified atom stereocenters. The van der Waals surface area contributed by atoms with Gasteiger partial charge < -0.3 is 16.8 Å². The van der Waals surface area contributed by atoms with Crippen LogP contribution in [0.2, 0.25) is 0 Å². The summed E-state index contributed by atoms with van der Waals surface area (Å²) < 4.78 is 4.01. The third-order valence-electron chi connectivity index (χ3n) is 5.81. The van der Waals surface area contributed by atoms with E-state index in [4.69, 9.17) is 11.5 Å². The number of fused-ring (bicyclic) bond motifs is 1. The zero-order valence-corrected chi connectivity index (χ0v) is 22.7. The summed E-state index contributed by atoms with van der Waals surface area (Å²) in [5.41, 5.74) is 14.4. The third kappa shape index (κ3) is 5.50. The SMILES string of the molecule is Cc1cc(C)cc(N(C(=O)c2snc(C(N)=O)c2N)C(C(=O)NC(C)(C)C)c2ccc3ncccc3c2)c1. The van der Waals surface area contributed by atoms with Gasteiger partial charge in [-0.15, -0.1) is 0 Å². The second-order valence-corrected chi connectivity index (χ2v) is 11.0. The van der Waals surface area contributed by atoms with Gasteiger partial charge in [-0.25, -0.2) is 0 Å². The van der Waals surface area contributed by atoms with Crippen molar-refractivity contribution in [2.75, 3.05) is 10.6 Å². The number of carbonyl (C=O) groups excluding carboxylic acids is 3. The summed E-state index contributed by atoms with van der Waals surface area (Å²) in [6.45, 7) is 9.44. The van der Waals surface area contributed by atoms with Crippen LogP contribution in [-0.4, -0.2) is 32.6 Å². The van der Waals surface area contributed by atoms with Crippen molar-refractivity contribution >= 4 is 51.5 Å². The highest BCUT2D eigenvalue weighted by Crippen LogP contribution is 2.35. The molecular weight excluding hydrogens is 500 g/mol. The van der Waals surface area contributed by atoms with Crippen molar-refractivity contribution < 1.29 is 14.4 Å². The first-order valence-electron chi connectivity index (χ1n) is 12.0. The molecule has 196 valence electrons. The van der Waals surface area contributed by atoms with Crippen LogP contribution in [0.3, 0.4) is 0 Å². The molecule has 0 fully saturated rings. The van der Waals surface area contributed by atoms with Crippen LogP contribution < -0.4 is 21.7 Å². The number of benzene rings is 2. The smallest absolute Gasteiger partial charge is 0.273 e. The van der Waals surface area contributed by atoms with Gasteiger partial charge >= 0.3 is 0 Å². The summed E-state index contributed by atoms with van der Waals surface area (Å²) in [4.78, 5) is 45.9. The molecule has 0 aliphatic rings. The number of nitrogens with one attached hydrogen (secondary N) is 1. The van der Waals surface area contributed by atoms with Gasteiger partial charge in [-0.3, -0.25) is 24.3 Å². The minimum Gasteiger partial charge on any atom is -0.395 e. The van der Waals surface area contributed by atoms with Crippen LogP contribution in [0.1, 0.15) is 63.7 Å². The van der Waals surface area contributed by atoms with Crippen LogP contribution in [0, 0.1) is 13.8 Å². The Morgan fingerprint density at radius 2 is 1.71 bits per heavy atom. The van der Waals surface area contributed by atoms with Crippen LogP contribution in [0.15, 0.2) is 54.7 Å². The maximum absolute atomic E-state index is 14.2. The molecule has 10 heteroatoms. The number of hydrogen-bond donors (Lipinski definition) is 3. The molecule has 2 aromatic heterocycles. The maximum Gasteiger partial charge on any atom is 0.273 e. The fourth-order valence-corrected chi connectivity index (χ4v) is 5.07. The van der Waals surface area contributed by atoms with E-state index < -0.39 is 23.4 Å². The normalized spacial score (nSPS) is 12.2. The Balaban J connectivity index is 1.98. The molecule has 4 rings (SSSR count). The van der Waals surface area contributed by atoms with Gasteiger partial charge in [-0.2, -0.15) is 4.37 Å². The summed E-state index contributed by atoms with van der Waals surface area (Å²) in [7, 11) is 0. The van der Waals surface area contributed by atoms with Gasteiger partial charge in [-0.05, 0) is 93.2 Å². The lowest BCUT2D eigenvalue weighted by Crippen LogP contribution is -2.49. The number of nitrogen functional groups attached to an aromatic ring is 1. The summed E-state index contributed by atoms with van der Waals surface area (Å²) in [5, 5.41) is 3.84. The van der Waals surface area contributed by atoms with E-state index in [0.717, 1.165) is 33.6 Å². The Hall–Kier alpha value is -4.31. The first-order valence-corrected chi connectivity index (χ1v) is 12.8. The summed E-state index contributed by atoms with van der Waals surface area (Å²) in [6, 6.07) is 13.7. The van der Waals surface area contributed by atoms with Crippen LogP contribution >= 0.6 is 11.5 Å². The topological polar surface area (TPSA) is 144 Å². The number of amides is 3. The monoisotopic (exact) mass is 530 g/mol. The van der Waals surface area contributed by atoms with E-state index in [1.54, 1.807) is 12.3 Å². The van der Waals surface area contributed by atoms with E-state index in [1.165, 1.54) is 4.90 Å². The largest absolute Gasteiger partial charge is 0.395 e. The second kappa shape index (κ2) is 10.2. The minimum atomic E-state index is -1.08. The molecule has 2 aromatic carbocycles. The summed E-state index contributed by atoms with van der Waals surface area (Å²) in [5.74, 6) is -1.79. The molecule has 0 bridgehead atoms. The van der Waals surface area contributed by atoms with E-state index in [9.17, 15) is 14.4 Å². The number of pyridine rings is 1. The average Bonchev–Trinajstić information content (AvgIpc) is 3.21. The maximum atomic E-state index is 14.2. The van der Waals surface area contributed by atoms with Crippen molar-refractivity contribution in [3.8, 4) is 0 Å². The molecule has 4 aromatic rings. The second-order valence-electron chi connectivity index (χ2n) is 10.3. The fourth-order valence-electron chi connectivity index (χ4n) is 4.33. The van der Waals surface area contributed by atoms with Crippen molar-refractivity contribution in [2.24, 2.45) is 5.73 Å². The number of hydrogen-bond acceptors (Lipinski definition) is 7. The van der Waals surface area contributed by atoms with Crippen LogP contribution in [0.4, 0.5) is 11.4 Å². The number of aryl methyl sites for hydroxylation is 2. The minimum absolute atomic E-state index is 0.0222. The van der Waals surface area contributed by atoms with Gasteiger partial charge in [-0.1, -0.05) is 18.2 Å². The lowest BCUT2D eigenvalue weighted by molar-refractivity contribution is -0.123. The Labute approximate surface area is 225 Å². The molecule has 1 atom stereocenters. The highest BCUT2D eigenvalue weighted by Gasteiger charge is 2.37. The number of nitrogens with two attached hydrogens (primary N) is 2. The molecule has 0 radical (unpaired) electrons. The molecule has 0 saturated heterocycles. The number of carbonyl (C=O) groups is 3. The number of primary amides is 1. The number of rotatable bonds is 6. The van der Waals surface area contributed by atoms with Gasteiger partial charge in [0.05, 0.1) is 11.2 Å². The molecule has 0 aliphatic carbocycles. The molecule has 38 heavy (non-hydrogen) atoms. The van der Waals surface area contributed by atoms with Crippen molar-refractivity contribution in [3.63, 3.8) is 0 Å². The van der Waals surface area contributed by atoms with E-state index in [-0.39, 0.29) is 22.2 Å². The Morgan fingerprint density at radius 3 is 2.32 bits per heavy atom. The molecule has 3 amide bonds. The average molecular weight is 531 g/mol. The molecule has 9 nitrogen and oxygen atoms in total. The standard InChI is InChI=1S/C28H30N6O3S/c1-15-11-16(2)13-19(12-15)34(27(37)24-21(29)22(25(30)35)33-38-24)23(26(36)32-28(3,4)5)18-8-9-20-17(14-18)7-6-10-31-20/h6-14,23H,29H2,1-5H3,(H2,30,35)(H,32,36). The van der Waals surface area contributed by atoms with Crippen LogP contribution in [0.5, 0.6) is 0 Å². The van der Waals surface area contributed by atoms with Gasteiger partial charge in [0, 0.05) is 22.8 Å². The quantitative estimate of drug-likeness (QED) is 0.339. The molecule has 0 aliphatic heterocycles. The van der Waals surface area contributed by atoms with Crippen molar-refractivity contribution in [1.82, 2.24) is 14.7 Å². The molecular formula is C28H30N6O3S. The van der Waals surface area contributed by atoms with Gasteiger partial charge in [0.25, 0.3) is 11.8 Å². The predicted molar refractivity (Wildman–Crippen MR) is 150 cm³/mol. The van der Waals surface area contributed by atoms with Crippen molar-refractivity contribution in [3.05, 3.63) is 82.0 Å². The van der Waals surface area contributed by atoms with Crippen molar-refractivity contribution in [2.45, 2.75) is 46.2 Å². The zero-order chi connectivity index (χ0) is 27.8. The lowest BCUT2D eigenvalue weighted by Gasteiger charge is -2.34. The van der Waals surface area contributed by atoms with E-state index in [1.807, 2.05) is 77.1 Å². The third-order valence-corrected chi connectivity index (χ3v) is 6.66. The highest BCUT2D eigenvalue weighted by molar-refractivity contribution is 7.09. The first kappa shape index (κ1) is 26.7. The highest BCUT2D eigenvalue weighted by atomic mass is 32.1. The lowest BCUT2D eigenvalue weighted by atomic mass is 9.98.